The average molecular weight is 219 g/mol. The predicted octanol–water partition coefficient (Wildman–Crippen LogP) is 3.32. The Bertz CT molecular complexity index is 453. The second-order valence-electron chi connectivity index (χ2n) is 3.21. The van der Waals surface area contributed by atoms with Crippen molar-refractivity contribution in [2.75, 3.05) is 0 Å². The SMILES string of the molecule is Fc1ccc(-c2cc(CS)ccn2)cc1. The first kappa shape index (κ1) is 10.2. The van der Waals surface area contributed by atoms with Gasteiger partial charge in [0.05, 0.1) is 5.69 Å². The summed E-state index contributed by atoms with van der Waals surface area (Å²) in [6, 6.07) is 10.2. The second kappa shape index (κ2) is 4.45. The zero-order valence-electron chi connectivity index (χ0n) is 8.02. The number of benzene rings is 1. The van der Waals surface area contributed by atoms with Crippen molar-refractivity contribution in [2.45, 2.75) is 5.75 Å². The van der Waals surface area contributed by atoms with E-state index in [0.717, 1.165) is 16.8 Å². The lowest BCUT2D eigenvalue weighted by Gasteiger charge is -2.02. The molecule has 0 radical (unpaired) electrons. The third-order valence-corrected chi connectivity index (χ3v) is 2.51. The van der Waals surface area contributed by atoms with Gasteiger partial charge < -0.3 is 0 Å². The highest BCUT2D eigenvalue weighted by atomic mass is 32.1. The summed E-state index contributed by atoms with van der Waals surface area (Å²) in [5.74, 6) is 0.445. The molecule has 1 aromatic carbocycles. The predicted molar refractivity (Wildman–Crippen MR) is 62.3 cm³/mol. The van der Waals surface area contributed by atoms with Gasteiger partial charge in [-0.1, -0.05) is 0 Å². The van der Waals surface area contributed by atoms with Crippen LogP contribution in [-0.4, -0.2) is 4.98 Å². The monoisotopic (exact) mass is 219 g/mol. The maximum absolute atomic E-state index is 12.7. The van der Waals surface area contributed by atoms with Crippen molar-refractivity contribution in [3.63, 3.8) is 0 Å². The molecule has 0 aliphatic carbocycles. The van der Waals surface area contributed by atoms with E-state index >= 15 is 0 Å². The van der Waals surface area contributed by atoms with Crippen molar-refractivity contribution in [1.82, 2.24) is 4.98 Å². The van der Waals surface area contributed by atoms with Gasteiger partial charge in [0.25, 0.3) is 0 Å². The normalized spacial score (nSPS) is 10.3. The van der Waals surface area contributed by atoms with E-state index in [9.17, 15) is 4.39 Å². The quantitative estimate of drug-likeness (QED) is 0.764. The van der Waals surface area contributed by atoms with Gasteiger partial charge in [0.1, 0.15) is 5.82 Å². The summed E-state index contributed by atoms with van der Waals surface area (Å²) in [5.41, 5.74) is 2.87. The van der Waals surface area contributed by atoms with Gasteiger partial charge in [-0.2, -0.15) is 12.6 Å². The molecular weight excluding hydrogens is 209 g/mol. The van der Waals surface area contributed by atoms with Crippen molar-refractivity contribution in [3.8, 4) is 11.3 Å². The Morgan fingerprint density at radius 1 is 1.13 bits per heavy atom. The van der Waals surface area contributed by atoms with Crippen LogP contribution in [0.5, 0.6) is 0 Å². The third kappa shape index (κ3) is 2.36. The summed E-state index contributed by atoms with van der Waals surface area (Å²) in [7, 11) is 0. The van der Waals surface area contributed by atoms with Crippen LogP contribution in [0.15, 0.2) is 42.6 Å². The summed E-state index contributed by atoms with van der Waals surface area (Å²) in [4.78, 5) is 4.23. The van der Waals surface area contributed by atoms with Crippen LogP contribution in [0.1, 0.15) is 5.56 Å². The van der Waals surface area contributed by atoms with Crippen LogP contribution in [0.4, 0.5) is 4.39 Å². The maximum atomic E-state index is 12.7. The van der Waals surface area contributed by atoms with Crippen molar-refractivity contribution < 1.29 is 4.39 Å². The minimum Gasteiger partial charge on any atom is -0.256 e. The highest BCUT2D eigenvalue weighted by molar-refractivity contribution is 7.79. The molecule has 1 nitrogen and oxygen atoms in total. The molecule has 0 unspecified atom stereocenters. The Hall–Kier alpha value is -1.35. The molecule has 0 bridgehead atoms. The highest BCUT2D eigenvalue weighted by Crippen LogP contribution is 2.18. The number of nitrogens with zero attached hydrogens (tertiary/aromatic N) is 1. The third-order valence-electron chi connectivity index (χ3n) is 2.15. The van der Waals surface area contributed by atoms with Gasteiger partial charge in [-0.15, -0.1) is 0 Å². The zero-order chi connectivity index (χ0) is 10.7. The molecule has 0 saturated heterocycles. The van der Waals surface area contributed by atoms with Crippen molar-refractivity contribution in [2.24, 2.45) is 0 Å². The molecule has 0 spiro atoms. The first-order chi connectivity index (χ1) is 7.29. The molecule has 0 amide bonds. The number of rotatable bonds is 2. The number of pyridine rings is 1. The van der Waals surface area contributed by atoms with Gasteiger partial charge in [-0.3, -0.25) is 4.98 Å². The van der Waals surface area contributed by atoms with Crippen LogP contribution in [0.3, 0.4) is 0 Å². The largest absolute Gasteiger partial charge is 0.256 e. The van der Waals surface area contributed by atoms with E-state index in [0.29, 0.717) is 5.75 Å². The van der Waals surface area contributed by atoms with Gasteiger partial charge in [0, 0.05) is 17.5 Å². The van der Waals surface area contributed by atoms with E-state index in [1.54, 1.807) is 18.3 Å². The van der Waals surface area contributed by atoms with E-state index in [-0.39, 0.29) is 5.82 Å². The molecule has 0 saturated carbocycles. The average Bonchev–Trinajstić information content (AvgIpc) is 2.30. The summed E-state index contributed by atoms with van der Waals surface area (Å²) in [6.07, 6.45) is 1.74. The van der Waals surface area contributed by atoms with Gasteiger partial charge in [-0.05, 0) is 42.0 Å². The van der Waals surface area contributed by atoms with Crippen molar-refractivity contribution in [3.05, 3.63) is 54.0 Å². The molecule has 0 atom stereocenters. The first-order valence-corrected chi connectivity index (χ1v) is 5.24. The Morgan fingerprint density at radius 2 is 1.87 bits per heavy atom. The Kier molecular flexibility index (Phi) is 3.02. The molecule has 76 valence electrons. The highest BCUT2D eigenvalue weighted by Gasteiger charge is 2.00. The summed E-state index contributed by atoms with van der Waals surface area (Å²) in [5, 5.41) is 0. The number of hydrogen-bond donors (Lipinski definition) is 1. The molecule has 15 heavy (non-hydrogen) atoms. The fourth-order valence-electron chi connectivity index (χ4n) is 1.35. The van der Waals surface area contributed by atoms with Gasteiger partial charge in [0.2, 0.25) is 0 Å². The van der Waals surface area contributed by atoms with Gasteiger partial charge in [0.15, 0.2) is 0 Å². The molecule has 1 aromatic heterocycles. The molecule has 2 rings (SSSR count). The molecular formula is C12H10FNS. The van der Waals surface area contributed by atoms with E-state index in [4.69, 9.17) is 0 Å². The van der Waals surface area contributed by atoms with Crippen LogP contribution >= 0.6 is 12.6 Å². The molecule has 0 N–H and O–H groups in total. The summed E-state index contributed by atoms with van der Waals surface area (Å²) < 4.78 is 12.7. The number of aromatic nitrogens is 1. The van der Waals surface area contributed by atoms with Gasteiger partial charge >= 0.3 is 0 Å². The molecule has 0 aliphatic heterocycles. The van der Waals surface area contributed by atoms with Crippen LogP contribution < -0.4 is 0 Å². The lowest BCUT2D eigenvalue weighted by atomic mass is 10.1. The fourth-order valence-corrected chi connectivity index (χ4v) is 1.55. The first-order valence-electron chi connectivity index (χ1n) is 4.61. The molecule has 2 aromatic rings. The van der Waals surface area contributed by atoms with Crippen molar-refractivity contribution in [1.29, 1.82) is 0 Å². The number of thiol groups is 1. The lowest BCUT2D eigenvalue weighted by molar-refractivity contribution is 0.628. The zero-order valence-corrected chi connectivity index (χ0v) is 8.92. The second-order valence-corrected chi connectivity index (χ2v) is 3.53. The standard InChI is InChI=1S/C12H10FNS/c13-11-3-1-10(2-4-11)12-7-9(8-15)5-6-14-12/h1-7,15H,8H2. The lowest BCUT2D eigenvalue weighted by Crippen LogP contribution is -1.86. The van der Waals surface area contributed by atoms with Gasteiger partial charge in [-0.25, -0.2) is 4.39 Å². The Labute approximate surface area is 93.4 Å². The van der Waals surface area contributed by atoms with E-state index in [2.05, 4.69) is 17.6 Å². The maximum Gasteiger partial charge on any atom is 0.123 e. The Balaban J connectivity index is 2.40. The Morgan fingerprint density at radius 3 is 2.53 bits per heavy atom. The van der Waals surface area contributed by atoms with E-state index < -0.39 is 0 Å². The number of halogens is 1. The summed E-state index contributed by atoms with van der Waals surface area (Å²) in [6.45, 7) is 0. The minimum atomic E-state index is -0.232. The van der Waals surface area contributed by atoms with Crippen molar-refractivity contribution >= 4 is 12.6 Å². The molecule has 3 heteroatoms. The molecule has 0 aliphatic rings. The minimum absolute atomic E-state index is 0.232. The van der Waals surface area contributed by atoms with E-state index in [1.165, 1.54) is 12.1 Å². The van der Waals surface area contributed by atoms with Crippen LogP contribution in [0.25, 0.3) is 11.3 Å². The molecule has 0 fully saturated rings. The smallest absolute Gasteiger partial charge is 0.123 e. The topological polar surface area (TPSA) is 12.9 Å². The fraction of sp³-hybridized carbons (Fsp3) is 0.0833. The van der Waals surface area contributed by atoms with Crippen LogP contribution in [0.2, 0.25) is 0 Å². The molecule has 1 heterocycles. The summed E-state index contributed by atoms with van der Waals surface area (Å²) >= 11 is 4.20. The van der Waals surface area contributed by atoms with Crippen LogP contribution in [0, 0.1) is 5.82 Å². The van der Waals surface area contributed by atoms with E-state index in [1.807, 2.05) is 12.1 Å². The van der Waals surface area contributed by atoms with Crippen LogP contribution in [-0.2, 0) is 5.75 Å². The number of hydrogen-bond acceptors (Lipinski definition) is 2.